The monoisotopic (exact) mass is 319 g/mol. The lowest BCUT2D eigenvalue weighted by Crippen LogP contribution is -1.92. The average Bonchev–Trinajstić information content (AvgIpc) is 3.20. The van der Waals surface area contributed by atoms with Gasteiger partial charge in [0.05, 0.1) is 0 Å². The van der Waals surface area contributed by atoms with E-state index in [1.54, 1.807) is 24.5 Å². The summed E-state index contributed by atoms with van der Waals surface area (Å²) in [5.74, 6) is -0.593. The Hall–Kier alpha value is -3.21. The molecule has 0 bridgehead atoms. The molecule has 0 aliphatic heterocycles. The van der Waals surface area contributed by atoms with Gasteiger partial charge in [-0.25, -0.2) is 4.79 Å². The highest BCUT2D eigenvalue weighted by Crippen LogP contribution is 2.37. The zero-order valence-corrected chi connectivity index (χ0v) is 12.7. The van der Waals surface area contributed by atoms with Crippen LogP contribution in [-0.2, 0) is 6.42 Å². The van der Waals surface area contributed by atoms with Crippen molar-refractivity contribution in [2.75, 3.05) is 0 Å². The summed E-state index contributed by atoms with van der Waals surface area (Å²) in [5, 5.41) is 9.26. The van der Waals surface area contributed by atoms with Crippen molar-refractivity contribution in [2.45, 2.75) is 12.8 Å². The number of ketones is 1. The van der Waals surface area contributed by atoms with Gasteiger partial charge in [0.1, 0.15) is 5.76 Å². The van der Waals surface area contributed by atoms with Gasteiger partial charge in [0.2, 0.25) is 5.76 Å². The van der Waals surface area contributed by atoms with Crippen LogP contribution in [0.3, 0.4) is 0 Å². The SMILES string of the molecule is O=C(O)c1cc(-c2ccc3c(c2)CCC3=O)c(-c2ccncc2)o1. The predicted molar refractivity (Wildman–Crippen MR) is 87.0 cm³/mol. The van der Waals surface area contributed by atoms with Gasteiger partial charge in [-0.2, -0.15) is 0 Å². The van der Waals surface area contributed by atoms with Crippen LogP contribution in [0.1, 0.15) is 32.9 Å². The number of rotatable bonds is 3. The molecule has 0 saturated carbocycles. The maximum atomic E-state index is 11.8. The second-order valence-corrected chi connectivity index (χ2v) is 5.69. The first-order valence-electron chi connectivity index (χ1n) is 7.57. The highest BCUT2D eigenvalue weighted by molar-refractivity contribution is 6.01. The molecular weight excluding hydrogens is 306 g/mol. The Morgan fingerprint density at radius 1 is 1.00 bits per heavy atom. The summed E-state index contributed by atoms with van der Waals surface area (Å²) in [6, 6.07) is 10.7. The Balaban J connectivity index is 1.89. The smallest absolute Gasteiger partial charge is 0.371 e. The van der Waals surface area contributed by atoms with Gasteiger partial charge in [-0.15, -0.1) is 0 Å². The van der Waals surface area contributed by atoms with Gasteiger partial charge in [-0.1, -0.05) is 18.2 Å². The summed E-state index contributed by atoms with van der Waals surface area (Å²) in [7, 11) is 0. The number of benzene rings is 1. The van der Waals surface area contributed by atoms with Crippen LogP contribution in [0.4, 0.5) is 0 Å². The lowest BCUT2D eigenvalue weighted by Gasteiger charge is -2.05. The Morgan fingerprint density at radius 3 is 2.54 bits per heavy atom. The van der Waals surface area contributed by atoms with Gasteiger partial charge < -0.3 is 9.52 Å². The minimum atomic E-state index is -1.12. The second kappa shape index (κ2) is 5.45. The standard InChI is InChI=1S/C19H13NO4/c21-16-4-2-12-9-13(1-3-14(12)16)15-10-17(19(22)23)24-18(15)11-5-7-20-8-6-11/h1,3,5-10H,2,4H2,(H,22,23). The number of hydrogen-bond donors (Lipinski definition) is 1. The topological polar surface area (TPSA) is 80.4 Å². The van der Waals surface area contributed by atoms with Crippen molar-refractivity contribution >= 4 is 11.8 Å². The molecule has 5 nitrogen and oxygen atoms in total. The van der Waals surface area contributed by atoms with E-state index < -0.39 is 5.97 Å². The van der Waals surface area contributed by atoms with Crippen molar-refractivity contribution in [3.8, 4) is 22.5 Å². The van der Waals surface area contributed by atoms with Gasteiger partial charge in [-0.3, -0.25) is 9.78 Å². The summed E-state index contributed by atoms with van der Waals surface area (Å²) in [6.45, 7) is 0. The number of hydrogen-bond acceptors (Lipinski definition) is 4. The molecule has 24 heavy (non-hydrogen) atoms. The van der Waals surface area contributed by atoms with Gasteiger partial charge in [0.25, 0.3) is 0 Å². The van der Waals surface area contributed by atoms with Crippen LogP contribution in [0.5, 0.6) is 0 Å². The number of carboxylic acids is 1. The van der Waals surface area contributed by atoms with Crippen molar-refractivity contribution in [1.82, 2.24) is 4.98 Å². The van der Waals surface area contributed by atoms with Crippen LogP contribution >= 0.6 is 0 Å². The van der Waals surface area contributed by atoms with Crippen molar-refractivity contribution in [3.05, 3.63) is 65.7 Å². The molecule has 1 aliphatic carbocycles. The summed E-state index contributed by atoms with van der Waals surface area (Å²) in [6.07, 6.45) is 4.50. The van der Waals surface area contributed by atoms with E-state index in [-0.39, 0.29) is 11.5 Å². The maximum absolute atomic E-state index is 11.8. The fourth-order valence-electron chi connectivity index (χ4n) is 3.05. The van der Waals surface area contributed by atoms with Gasteiger partial charge >= 0.3 is 5.97 Å². The zero-order chi connectivity index (χ0) is 16.7. The third-order valence-electron chi connectivity index (χ3n) is 4.22. The fraction of sp³-hybridized carbons (Fsp3) is 0.105. The van der Waals surface area contributed by atoms with Crippen LogP contribution in [0.2, 0.25) is 0 Å². The molecule has 4 rings (SSSR count). The van der Waals surface area contributed by atoms with E-state index >= 15 is 0 Å². The summed E-state index contributed by atoms with van der Waals surface area (Å²) in [4.78, 5) is 27.1. The van der Waals surface area contributed by atoms with Crippen molar-refractivity contribution in [3.63, 3.8) is 0 Å². The molecule has 0 spiro atoms. The number of carbonyl (C=O) groups excluding carboxylic acids is 1. The largest absolute Gasteiger partial charge is 0.475 e. The molecule has 0 atom stereocenters. The normalized spacial score (nSPS) is 13.1. The third-order valence-corrected chi connectivity index (χ3v) is 4.22. The lowest BCUT2D eigenvalue weighted by molar-refractivity contribution is 0.0663. The number of Topliss-reactive ketones (excluding diaryl/α,β-unsaturated/α-hetero) is 1. The lowest BCUT2D eigenvalue weighted by atomic mass is 9.98. The van der Waals surface area contributed by atoms with E-state index in [0.29, 0.717) is 17.7 Å². The van der Waals surface area contributed by atoms with Crippen molar-refractivity contribution < 1.29 is 19.1 Å². The molecule has 1 aromatic carbocycles. The number of carbonyl (C=O) groups is 2. The molecule has 3 aromatic rings. The number of nitrogens with zero attached hydrogens (tertiary/aromatic N) is 1. The number of aryl methyl sites for hydroxylation is 1. The molecule has 0 saturated heterocycles. The predicted octanol–water partition coefficient (Wildman–Crippen LogP) is 3.84. The summed E-state index contributed by atoms with van der Waals surface area (Å²) >= 11 is 0. The first-order chi connectivity index (χ1) is 11.6. The first kappa shape index (κ1) is 14.4. The minimum Gasteiger partial charge on any atom is -0.475 e. The molecule has 0 radical (unpaired) electrons. The van der Waals surface area contributed by atoms with E-state index in [2.05, 4.69) is 4.98 Å². The maximum Gasteiger partial charge on any atom is 0.371 e. The summed E-state index contributed by atoms with van der Waals surface area (Å²) in [5.41, 5.74) is 4.04. The van der Waals surface area contributed by atoms with E-state index in [1.807, 2.05) is 18.2 Å². The van der Waals surface area contributed by atoms with Crippen LogP contribution in [-0.4, -0.2) is 21.8 Å². The number of pyridine rings is 1. The number of aromatic carboxylic acids is 1. The molecule has 2 heterocycles. The van der Waals surface area contributed by atoms with Crippen LogP contribution < -0.4 is 0 Å². The highest BCUT2D eigenvalue weighted by Gasteiger charge is 2.23. The molecular formula is C19H13NO4. The Morgan fingerprint density at radius 2 is 1.79 bits per heavy atom. The van der Waals surface area contributed by atoms with Crippen LogP contribution in [0, 0.1) is 0 Å². The zero-order valence-electron chi connectivity index (χ0n) is 12.7. The van der Waals surface area contributed by atoms with E-state index in [9.17, 15) is 14.7 Å². The molecule has 1 N–H and O–H groups in total. The van der Waals surface area contributed by atoms with Crippen molar-refractivity contribution in [1.29, 1.82) is 0 Å². The first-order valence-corrected chi connectivity index (χ1v) is 7.57. The van der Waals surface area contributed by atoms with Gasteiger partial charge in [-0.05, 0) is 35.7 Å². The Bertz CT molecular complexity index is 957. The Kier molecular flexibility index (Phi) is 3.27. The molecule has 5 heteroatoms. The quantitative estimate of drug-likeness (QED) is 0.793. The molecule has 1 aliphatic rings. The number of aromatic nitrogens is 1. The van der Waals surface area contributed by atoms with Crippen molar-refractivity contribution in [2.24, 2.45) is 0 Å². The van der Waals surface area contributed by atoms with Gasteiger partial charge in [0, 0.05) is 35.5 Å². The molecule has 0 unspecified atom stereocenters. The molecule has 0 fully saturated rings. The Labute approximate surface area is 137 Å². The van der Waals surface area contributed by atoms with Crippen LogP contribution in [0.25, 0.3) is 22.5 Å². The van der Waals surface area contributed by atoms with Crippen LogP contribution in [0.15, 0.2) is 53.2 Å². The fourth-order valence-corrected chi connectivity index (χ4v) is 3.05. The van der Waals surface area contributed by atoms with Gasteiger partial charge in [0.15, 0.2) is 5.78 Å². The summed E-state index contributed by atoms with van der Waals surface area (Å²) < 4.78 is 5.56. The second-order valence-electron chi connectivity index (χ2n) is 5.69. The molecule has 2 aromatic heterocycles. The minimum absolute atomic E-state index is 0.117. The molecule has 0 amide bonds. The number of fused-ring (bicyclic) bond motifs is 1. The van der Waals surface area contributed by atoms with E-state index in [4.69, 9.17) is 4.42 Å². The number of carboxylic acid groups (broad SMARTS) is 1. The average molecular weight is 319 g/mol. The van der Waals surface area contributed by atoms with E-state index in [0.717, 1.165) is 28.7 Å². The third kappa shape index (κ3) is 2.31. The van der Waals surface area contributed by atoms with E-state index in [1.165, 1.54) is 6.07 Å². The highest BCUT2D eigenvalue weighted by atomic mass is 16.4. The number of furan rings is 1. The molecule has 118 valence electrons.